The molecule has 0 spiro atoms. The summed E-state index contributed by atoms with van der Waals surface area (Å²) in [7, 11) is 0. The molecule has 1 aliphatic carbocycles. The summed E-state index contributed by atoms with van der Waals surface area (Å²) in [5, 5.41) is 4.82. The highest BCUT2D eigenvalue weighted by molar-refractivity contribution is 6.32. The average molecular weight is 213 g/mol. The van der Waals surface area contributed by atoms with E-state index in [1.165, 1.54) is 12.8 Å². The van der Waals surface area contributed by atoms with E-state index in [0.717, 1.165) is 24.8 Å². The SMILES string of the molecule is Cc1nn(C2CCCC2)c(Cl)c1C=O. The van der Waals surface area contributed by atoms with Crippen LogP contribution >= 0.6 is 11.6 Å². The Morgan fingerprint density at radius 2 is 2.14 bits per heavy atom. The average Bonchev–Trinajstić information content (AvgIpc) is 2.74. The number of aryl methyl sites for hydroxylation is 1. The summed E-state index contributed by atoms with van der Waals surface area (Å²) < 4.78 is 1.81. The zero-order valence-corrected chi connectivity index (χ0v) is 8.92. The smallest absolute Gasteiger partial charge is 0.155 e. The number of aldehydes is 1. The summed E-state index contributed by atoms with van der Waals surface area (Å²) in [4.78, 5) is 10.7. The summed E-state index contributed by atoms with van der Waals surface area (Å²) in [5.74, 6) is 0. The number of carbonyl (C=O) groups excluding carboxylic acids is 1. The van der Waals surface area contributed by atoms with Gasteiger partial charge in [0, 0.05) is 0 Å². The van der Waals surface area contributed by atoms with Crippen molar-refractivity contribution in [2.75, 3.05) is 0 Å². The van der Waals surface area contributed by atoms with Crippen LogP contribution in [0.2, 0.25) is 5.15 Å². The molecule has 1 aromatic rings. The summed E-state index contributed by atoms with van der Waals surface area (Å²) in [6.07, 6.45) is 5.50. The van der Waals surface area contributed by atoms with Crippen LogP contribution < -0.4 is 0 Å². The molecular formula is C10H13ClN2O. The van der Waals surface area contributed by atoms with E-state index in [0.29, 0.717) is 16.8 Å². The number of rotatable bonds is 2. The normalized spacial score (nSPS) is 17.6. The summed E-state index contributed by atoms with van der Waals surface area (Å²) in [6.45, 7) is 1.82. The topological polar surface area (TPSA) is 34.9 Å². The maximum atomic E-state index is 10.7. The maximum Gasteiger partial charge on any atom is 0.155 e. The molecular weight excluding hydrogens is 200 g/mol. The third kappa shape index (κ3) is 1.46. The molecule has 0 radical (unpaired) electrons. The fourth-order valence-electron chi connectivity index (χ4n) is 2.06. The van der Waals surface area contributed by atoms with Gasteiger partial charge < -0.3 is 0 Å². The molecule has 0 atom stereocenters. The second kappa shape index (κ2) is 3.73. The van der Waals surface area contributed by atoms with Crippen molar-refractivity contribution in [1.29, 1.82) is 0 Å². The minimum absolute atomic E-state index is 0.398. The molecule has 0 unspecified atom stereocenters. The molecule has 0 N–H and O–H groups in total. The minimum Gasteiger partial charge on any atom is -0.298 e. The van der Waals surface area contributed by atoms with Crippen LogP contribution in [0.25, 0.3) is 0 Å². The Morgan fingerprint density at radius 3 is 2.64 bits per heavy atom. The Balaban J connectivity index is 2.38. The molecule has 14 heavy (non-hydrogen) atoms. The molecule has 0 bridgehead atoms. The van der Waals surface area contributed by atoms with Crippen molar-refractivity contribution in [3.8, 4) is 0 Å². The molecule has 3 nitrogen and oxygen atoms in total. The van der Waals surface area contributed by atoms with E-state index < -0.39 is 0 Å². The third-order valence-corrected chi connectivity index (χ3v) is 3.24. The Hall–Kier alpha value is -0.830. The fourth-order valence-corrected chi connectivity index (χ4v) is 2.41. The van der Waals surface area contributed by atoms with Gasteiger partial charge in [-0.3, -0.25) is 4.79 Å². The first-order chi connectivity index (χ1) is 6.74. The second-order valence-electron chi connectivity index (χ2n) is 3.79. The van der Waals surface area contributed by atoms with Crippen molar-refractivity contribution in [3.05, 3.63) is 16.4 Å². The summed E-state index contributed by atoms with van der Waals surface area (Å²) >= 11 is 6.08. The third-order valence-electron chi connectivity index (χ3n) is 2.86. The lowest BCUT2D eigenvalue weighted by Crippen LogP contribution is -2.06. The highest BCUT2D eigenvalue weighted by Gasteiger charge is 2.22. The van der Waals surface area contributed by atoms with Gasteiger partial charge in [-0.1, -0.05) is 24.4 Å². The molecule has 1 aliphatic rings. The first-order valence-electron chi connectivity index (χ1n) is 4.94. The van der Waals surface area contributed by atoms with Crippen molar-refractivity contribution in [3.63, 3.8) is 0 Å². The Kier molecular flexibility index (Phi) is 2.59. The van der Waals surface area contributed by atoms with Crippen molar-refractivity contribution < 1.29 is 4.79 Å². The lowest BCUT2D eigenvalue weighted by atomic mass is 10.2. The van der Waals surface area contributed by atoms with Gasteiger partial charge >= 0.3 is 0 Å². The van der Waals surface area contributed by atoms with Gasteiger partial charge in [0.2, 0.25) is 0 Å². The monoisotopic (exact) mass is 212 g/mol. The van der Waals surface area contributed by atoms with Gasteiger partial charge in [-0.15, -0.1) is 0 Å². The van der Waals surface area contributed by atoms with Gasteiger partial charge in [0.05, 0.1) is 17.3 Å². The molecule has 0 amide bonds. The molecule has 4 heteroatoms. The summed E-state index contributed by atoms with van der Waals surface area (Å²) in [5.41, 5.74) is 1.27. The van der Waals surface area contributed by atoms with Gasteiger partial charge in [-0.2, -0.15) is 5.10 Å². The largest absolute Gasteiger partial charge is 0.298 e. The van der Waals surface area contributed by atoms with Crippen molar-refractivity contribution in [2.24, 2.45) is 0 Å². The first kappa shape index (κ1) is 9.71. The molecule has 0 aliphatic heterocycles. The Bertz CT molecular complexity index is 353. The number of halogens is 1. The van der Waals surface area contributed by atoms with E-state index in [-0.39, 0.29) is 0 Å². The van der Waals surface area contributed by atoms with Crippen LogP contribution in [-0.4, -0.2) is 16.1 Å². The fraction of sp³-hybridized carbons (Fsp3) is 0.600. The van der Waals surface area contributed by atoms with Crippen molar-refractivity contribution >= 4 is 17.9 Å². The Morgan fingerprint density at radius 1 is 1.50 bits per heavy atom. The second-order valence-corrected chi connectivity index (χ2v) is 4.15. The highest BCUT2D eigenvalue weighted by Crippen LogP contribution is 2.32. The van der Waals surface area contributed by atoms with Gasteiger partial charge in [0.1, 0.15) is 5.15 Å². The molecule has 1 aromatic heterocycles. The minimum atomic E-state index is 0.398. The lowest BCUT2D eigenvalue weighted by Gasteiger charge is -2.10. The van der Waals surface area contributed by atoms with Crippen molar-refractivity contribution in [1.82, 2.24) is 9.78 Å². The number of hydrogen-bond donors (Lipinski definition) is 0. The first-order valence-corrected chi connectivity index (χ1v) is 5.31. The maximum absolute atomic E-state index is 10.7. The Labute approximate surface area is 88.1 Å². The molecule has 1 heterocycles. The zero-order chi connectivity index (χ0) is 10.1. The molecule has 1 saturated carbocycles. The molecule has 0 saturated heterocycles. The van der Waals surface area contributed by atoms with Crippen molar-refractivity contribution in [2.45, 2.75) is 38.6 Å². The van der Waals surface area contributed by atoms with E-state index in [9.17, 15) is 4.79 Å². The number of nitrogens with zero attached hydrogens (tertiary/aromatic N) is 2. The van der Waals surface area contributed by atoms with Gasteiger partial charge in [0.25, 0.3) is 0 Å². The van der Waals surface area contributed by atoms with Gasteiger partial charge in [-0.05, 0) is 19.8 Å². The van der Waals surface area contributed by atoms with Crippen LogP contribution in [-0.2, 0) is 0 Å². The van der Waals surface area contributed by atoms with Crippen LogP contribution in [0.4, 0.5) is 0 Å². The van der Waals surface area contributed by atoms with Crippen LogP contribution in [0.5, 0.6) is 0 Å². The standard InChI is InChI=1S/C10H13ClN2O/c1-7-9(6-14)10(11)13(12-7)8-4-2-3-5-8/h6,8H,2-5H2,1H3. The molecule has 0 aromatic carbocycles. The van der Waals surface area contributed by atoms with Crippen LogP contribution in [0.1, 0.15) is 47.8 Å². The predicted octanol–water partition coefficient (Wildman–Crippen LogP) is 2.77. The lowest BCUT2D eigenvalue weighted by molar-refractivity contribution is 0.112. The van der Waals surface area contributed by atoms with E-state index >= 15 is 0 Å². The van der Waals surface area contributed by atoms with E-state index in [2.05, 4.69) is 5.10 Å². The van der Waals surface area contributed by atoms with Gasteiger partial charge in [-0.25, -0.2) is 4.68 Å². The van der Waals surface area contributed by atoms with Crippen LogP contribution in [0.3, 0.4) is 0 Å². The number of hydrogen-bond acceptors (Lipinski definition) is 2. The van der Waals surface area contributed by atoms with E-state index in [1.807, 2.05) is 11.6 Å². The highest BCUT2D eigenvalue weighted by atomic mass is 35.5. The quantitative estimate of drug-likeness (QED) is 0.707. The molecule has 1 fully saturated rings. The predicted molar refractivity (Wildman–Crippen MR) is 54.9 cm³/mol. The number of carbonyl (C=O) groups is 1. The van der Waals surface area contributed by atoms with Crippen LogP contribution in [0.15, 0.2) is 0 Å². The van der Waals surface area contributed by atoms with E-state index in [1.54, 1.807) is 0 Å². The van der Waals surface area contributed by atoms with Gasteiger partial charge in [0.15, 0.2) is 6.29 Å². The molecule has 76 valence electrons. The van der Waals surface area contributed by atoms with E-state index in [4.69, 9.17) is 11.6 Å². The summed E-state index contributed by atoms with van der Waals surface area (Å²) in [6, 6.07) is 0.398. The zero-order valence-electron chi connectivity index (χ0n) is 8.16. The van der Waals surface area contributed by atoms with Crippen LogP contribution in [0, 0.1) is 6.92 Å². The number of aromatic nitrogens is 2. The molecule has 2 rings (SSSR count).